The molecule has 25 aromatic rings. The maximum Gasteiger partial charge on any atom is 3.00 e. The maximum atomic E-state index is 4.50. The average Bonchev–Trinajstić information content (AvgIpc) is 1.45. The van der Waals surface area contributed by atoms with Crippen molar-refractivity contribution < 1.29 is 40.2 Å². The summed E-state index contributed by atoms with van der Waals surface area (Å²) in [7, 11) is 0. The summed E-state index contributed by atoms with van der Waals surface area (Å²) in [6.07, 6.45) is 24.3. The second kappa shape index (κ2) is 41.6. The van der Waals surface area contributed by atoms with Gasteiger partial charge >= 0.3 is 20.1 Å². The molecular weight excluding hydrogens is 2020 g/mol. The number of benzene rings is 13. The Balaban J connectivity index is 0.000000117. The number of aryl methyl sites for hydroxylation is 5. The molecule has 0 saturated heterocycles. The molecule has 0 fully saturated rings. The zero-order valence-electron chi connectivity index (χ0n) is 75.2. The standard InChI is InChI=1S/C36H24N2.C34H24N6.C18H17N2.3C11H8N.2Ir/c1-2-12-27(13-3-1)37-35-20-9-6-17-31(35)32-24-26(21-22-36(32)37)25-11-10-14-28(23-25)38-33-18-7-4-15-29(33)30-16-5-8-19-34(30)38;1-21-15-23(39-31-7-11-35-17-27(31)28-18-36-12-8-32(28)39)3-5-25(21)26-6-4-24(16-22(26)2)40-33-9-13-37-19-29(33)30-20-38-14-10-34(30)40;1-13-11-14(2)17(15(3)12-13)20-10-9-19-18(20)16-7-5-4-6-8-16;3*1-2-6-10(7-3-1)11-8-4-5-9-12-11;;/h1-24H;3-20H,1-2H3;4-7,9-12H,1-3H3;3*1-6,8-9H;;/q;;4*-1;;+3. The van der Waals surface area contributed by atoms with E-state index in [0.29, 0.717) is 0 Å². The van der Waals surface area contributed by atoms with Crippen molar-refractivity contribution in [1.29, 1.82) is 0 Å². The smallest absolute Gasteiger partial charge is 0.340 e. The number of rotatable bonds is 11. The summed E-state index contributed by atoms with van der Waals surface area (Å²) in [4.78, 5) is 34.6. The molecule has 13 aromatic carbocycles. The Kier molecular flexibility index (Phi) is 27.6. The first-order valence-corrected chi connectivity index (χ1v) is 44.6. The normalized spacial score (nSPS) is 10.9. The largest absolute Gasteiger partial charge is 3.00 e. The molecule has 12 heterocycles. The van der Waals surface area contributed by atoms with Crippen LogP contribution < -0.4 is 0 Å². The van der Waals surface area contributed by atoms with Gasteiger partial charge in [0.25, 0.3) is 0 Å². The summed E-state index contributed by atoms with van der Waals surface area (Å²) < 4.78 is 11.5. The molecule has 12 aromatic heterocycles. The van der Waals surface area contributed by atoms with Gasteiger partial charge in [0.15, 0.2) is 0 Å². The molecule has 13 nitrogen and oxygen atoms in total. The van der Waals surface area contributed by atoms with Crippen LogP contribution in [0.3, 0.4) is 0 Å². The van der Waals surface area contributed by atoms with Gasteiger partial charge in [0.2, 0.25) is 0 Å². The molecule has 0 spiro atoms. The summed E-state index contributed by atoms with van der Waals surface area (Å²) >= 11 is 0. The molecule has 25 rings (SSSR count). The second-order valence-electron chi connectivity index (χ2n) is 32.7. The van der Waals surface area contributed by atoms with E-state index >= 15 is 0 Å². The third kappa shape index (κ3) is 18.8. The van der Waals surface area contributed by atoms with Gasteiger partial charge in [-0.05, 0) is 218 Å². The van der Waals surface area contributed by atoms with Gasteiger partial charge in [-0.1, -0.05) is 157 Å². The predicted octanol–water partition coefficient (Wildman–Crippen LogP) is 29.2. The molecule has 0 amide bonds. The van der Waals surface area contributed by atoms with Gasteiger partial charge in [0, 0.05) is 172 Å². The van der Waals surface area contributed by atoms with E-state index in [4.69, 9.17) is 0 Å². The Labute approximate surface area is 816 Å². The van der Waals surface area contributed by atoms with Crippen molar-refractivity contribution >= 4 is 87.2 Å². The van der Waals surface area contributed by atoms with E-state index in [-0.39, 0.29) is 40.2 Å². The van der Waals surface area contributed by atoms with Gasteiger partial charge in [0.1, 0.15) is 0 Å². The number of nitrogens with zero attached hydrogens (tertiary/aromatic N) is 13. The summed E-state index contributed by atoms with van der Waals surface area (Å²) in [5.41, 5.74) is 33.4. The van der Waals surface area contributed by atoms with Crippen LogP contribution in [0.15, 0.2) is 451 Å². The first-order valence-electron chi connectivity index (χ1n) is 44.6. The van der Waals surface area contributed by atoms with Crippen LogP contribution in [-0.2, 0) is 40.2 Å². The molecule has 0 aliphatic heterocycles. The van der Waals surface area contributed by atoms with Gasteiger partial charge < -0.3 is 37.8 Å². The fourth-order valence-electron chi connectivity index (χ4n) is 18.2. The van der Waals surface area contributed by atoms with Crippen molar-refractivity contribution in [2.75, 3.05) is 0 Å². The molecule has 1 radical (unpaired) electrons. The van der Waals surface area contributed by atoms with Crippen LogP contribution in [0.4, 0.5) is 0 Å². The minimum absolute atomic E-state index is 0. The molecule has 657 valence electrons. The third-order valence-electron chi connectivity index (χ3n) is 24.1. The summed E-state index contributed by atoms with van der Waals surface area (Å²) in [6, 6.07) is 140. The Morgan fingerprint density at radius 2 is 0.588 bits per heavy atom. The first-order chi connectivity index (χ1) is 66.1. The van der Waals surface area contributed by atoms with Crippen LogP contribution in [0.1, 0.15) is 27.8 Å². The van der Waals surface area contributed by atoms with E-state index in [9.17, 15) is 0 Å². The third-order valence-corrected chi connectivity index (χ3v) is 24.1. The van der Waals surface area contributed by atoms with E-state index in [2.05, 4.69) is 340 Å². The molecule has 0 atom stereocenters. The van der Waals surface area contributed by atoms with Crippen LogP contribution in [-0.4, -0.2) is 62.7 Å². The van der Waals surface area contributed by atoms with Crippen molar-refractivity contribution in [3.05, 3.63) is 503 Å². The van der Waals surface area contributed by atoms with Crippen molar-refractivity contribution in [3.8, 4) is 95.9 Å². The Hall–Kier alpha value is -16.4. The second-order valence-corrected chi connectivity index (χ2v) is 32.7. The number of hydrogen-bond donors (Lipinski definition) is 0. The van der Waals surface area contributed by atoms with Crippen molar-refractivity contribution in [2.45, 2.75) is 34.6 Å². The van der Waals surface area contributed by atoms with Crippen LogP contribution in [0.25, 0.3) is 183 Å². The molecule has 0 bridgehead atoms. The van der Waals surface area contributed by atoms with Crippen LogP contribution in [0.2, 0.25) is 0 Å². The minimum Gasteiger partial charge on any atom is -0.340 e. The number of aromatic nitrogens is 13. The van der Waals surface area contributed by atoms with Crippen LogP contribution in [0, 0.1) is 58.9 Å². The SMILES string of the molecule is Cc1cc(-n2c3ccncc3c3cnccc32)ccc1-c1ccc(-n2c3ccncc3c3cnccc32)cc1C.Cc1cc(C)c(-n2ccnc2-c2[c-]cccc2)c(C)c1.[Ir+3].[Ir].[c-]1ccccc1-c1ccccn1.[c-]1ccccc1-c1ccccn1.[c-]1ccccc1-c1ccccn1.c1ccc(-n2c3ccccc3c3cc(-c4cccc(-n5c6ccccc6c6ccccc65)c4)ccc32)cc1. The molecule has 0 N–H and O–H groups in total. The number of hydrogen-bond acceptors (Lipinski definition) is 8. The van der Waals surface area contributed by atoms with Crippen molar-refractivity contribution in [3.63, 3.8) is 0 Å². The molecule has 0 unspecified atom stereocenters. The van der Waals surface area contributed by atoms with E-state index in [0.717, 1.165) is 100 Å². The molecule has 0 aliphatic rings. The van der Waals surface area contributed by atoms with Crippen molar-refractivity contribution in [2.24, 2.45) is 0 Å². The topological polar surface area (TPSA) is 128 Å². The molecule has 15 heteroatoms. The van der Waals surface area contributed by atoms with Gasteiger partial charge in [-0.3, -0.25) is 24.9 Å². The first kappa shape index (κ1) is 90.2. The van der Waals surface area contributed by atoms with Gasteiger partial charge in [-0.15, -0.1) is 144 Å². The maximum absolute atomic E-state index is 4.50. The zero-order valence-corrected chi connectivity index (χ0v) is 80.0. The number of pyridine rings is 7. The molecule has 0 saturated carbocycles. The minimum atomic E-state index is 0. The van der Waals surface area contributed by atoms with E-state index in [1.54, 1.807) is 18.6 Å². The quantitative estimate of drug-likeness (QED) is 0.117. The summed E-state index contributed by atoms with van der Waals surface area (Å²) in [5.74, 6) is 0.931. The van der Waals surface area contributed by atoms with Crippen molar-refractivity contribution in [1.82, 2.24) is 62.7 Å². The van der Waals surface area contributed by atoms with Gasteiger partial charge in [-0.2, -0.15) is 0 Å². The average molecular weight is 2110 g/mol. The van der Waals surface area contributed by atoms with Gasteiger partial charge in [0.05, 0.1) is 50.0 Å². The molecular formula is C121H89Ir2N13-. The van der Waals surface area contributed by atoms with Crippen LogP contribution in [0.5, 0.6) is 0 Å². The number of imidazole rings is 1. The molecule has 136 heavy (non-hydrogen) atoms. The van der Waals surface area contributed by atoms with Crippen LogP contribution >= 0.6 is 0 Å². The Bertz CT molecular complexity index is 7780. The Morgan fingerprint density at radius 3 is 0.993 bits per heavy atom. The van der Waals surface area contributed by atoms with E-state index in [1.165, 1.54) is 111 Å². The van der Waals surface area contributed by atoms with Gasteiger partial charge in [-0.25, -0.2) is 0 Å². The summed E-state index contributed by atoms with van der Waals surface area (Å²) in [6.45, 7) is 10.8. The fraction of sp³-hybridized carbons (Fsp3) is 0.0413. The fourth-order valence-corrected chi connectivity index (χ4v) is 18.2. The van der Waals surface area contributed by atoms with E-state index in [1.807, 2.05) is 214 Å². The van der Waals surface area contributed by atoms with E-state index < -0.39 is 0 Å². The number of fused-ring (bicyclic) bond motifs is 12. The Morgan fingerprint density at radius 1 is 0.235 bits per heavy atom. The summed E-state index contributed by atoms with van der Waals surface area (Å²) in [5, 5.41) is 9.53. The predicted molar refractivity (Wildman–Crippen MR) is 549 cm³/mol. The zero-order chi connectivity index (χ0) is 90.6. The number of para-hydroxylation sites is 4. The monoisotopic (exact) mass is 2110 g/mol. The molecule has 0 aliphatic carbocycles.